The number of aromatic nitrogens is 2. The second-order valence-corrected chi connectivity index (χ2v) is 6.75. The molecule has 2 aromatic carbocycles. The minimum Gasteiger partial charge on any atom is -0.349 e. The van der Waals surface area contributed by atoms with E-state index >= 15 is 0 Å². The molecule has 4 rings (SSSR count). The first-order valence-electron chi connectivity index (χ1n) is 9.07. The van der Waals surface area contributed by atoms with E-state index in [9.17, 15) is 4.79 Å². The Labute approximate surface area is 147 Å². The summed E-state index contributed by atoms with van der Waals surface area (Å²) < 4.78 is 2.24. The van der Waals surface area contributed by atoms with Crippen molar-refractivity contribution in [2.24, 2.45) is 5.92 Å². The van der Waals surface area contributed by atoms with Gasteiger partial charge in [-0.25, -0.2) is 4.98 Å². The van der Waals surface area contributed by atoms with Crippen molar-refractivity contribution < 1.29 is 4.79 Å². The molecule has 0 aliphatic heterocycles. The van der Waals surface area contributed by atoms with E-state index in [2.05, 4.69) is 40.2 Å². The van der Waals surface area contributed by atoms with Crippen molar-refractivity contribution in [2.75, 3.05) is 0 Å². The maximum Gasteiger partial charge on any atom is 0.223 e. The molecule has 0 unspecified atom stereocenters. The molecule has 1 saturated carbocycles. The van der Waals surface area contributed by atoms with E-state index in [1.54, 1.807) is 0 Å². The van der Waals surface area contributed by atoms with Crippen LogP contribution in [0.4, 0.5) is 0 Å². The van der Waals surface area contributed by atoms with E-state index < -0.39 is 0 Å². The molecule has 3 aromatic rings. The molecule has 0 atom stereocenters. The van der Waals surface area contributed by atoms with Crippen LogP contribution in [0.2, 0.25) is 0 Å². The summed E-state index contributed by atoms with van der Waals surface area (Å²) in [7, 11) is 0. The Balaban J connectivity index is 1.53. The number of benzene rings is 2. The van der Waals surface area contributed by atoms with Crippen LogP contribution >= 0.6 is 0 Å². The molecule has 0 radical (unpaired) electrons. The van der Waals surface area contributed by atoms with Crippen molar-refractivity contribution >= 4 is 16.9 Å². The Morgan fingerprint density at radius 2 is 1.84 bits per heavy atom. The van der Waals surface area contributed by atoms with Crippen molar-refractivity contribution in [1.82, 2.24) is 14.9 Å². The van der Waals surface area contributed by atoms with E-state index in [4.69, 9.17) is 4.98 Å². The third-order valence-electron chi connectivity index (χ3n) is 5.10. The lowest BCUT2D eigenvalue weighted by molar-refractivity contribution is -0.127. The van der Waals surface area contributed by atoms with E-state index in [0.717, 1.165) is 42.7 Å². The molecule has 4 nitrogen and oxygen atoms in total. The van der Waals surface area contributed by atoms with Crippen molar-refractivity contribution in [2.45, 2.75) is 38.8 Å². The van der Waals surface area contributed by atoms with Gasteiger partial charge in [-0.15, -0.1) is 0 Å². The minimum absolute atomic E-state index is 0.174. The fourth-order valence-corrected chi connectivity index (χ4v) is 3.38. The number of para-hydroxylation sites is 2. The quantitative estimate of drug-likeness (QED) is 0.748. The Morgan fingerprint density at radius 1 is 1.08 bits per heavy atom. The highest BCUT2D eigenvalue weighted by molar-refractivity contribution is 5.79. The Hall–Kier alpha value is -2.62. The zero-order valence-electron chi connectivity index (χ0n) is 14.3. The number of aryl methyl sites for hydroxylation is 2. The molecule has 0 bridgehead atoms. The predicted octanol–water partition coefficient (Wildman–Crippen LogP) is 3.70. The third kappa shape index (κ3) is 3.43. The fourth-order valence-electron chi connectivity index (χ4n) is 3.38. The number of hydrogen-bond donors (Lipinski definition) is 1. The van der Waals surface area contributed by atoms with Crippen LogP contribution in [0.3, 0.4) is 0 Å². The maximum atomic E-state index is 12.2. The summed E-state index contributed by atoms with van der Waals surface area (Å²) >= 11 is 0. The van der Waals surface area contributed by atoms with Crippen LogP contribution in [0.5, 0.6) is 0 Å². The monoisotopic (exact) mass is 333 g/mol. The summed E-state index contributed by atoms with van der Waals surface area (Å²) in [6, 6.07) is 18.7. The second kappa shape index (κ2) is 7.09. The molecule has 1 aliphatic carbocycles. The van der Waals surface area contributed by atoms with Crippen molar-refractivity contribution in [3.8, 4) is 0 Å². The molecule has 128 valence electrons. The number of carbonyl (C=O) groups is 1. The molecular weight excluding hydrogens is 310 g/mol. The average molecular weight is 333 g/mol. The van der Waals surface area contributed by atoms with E-state index in [0.29, 0.717) is 6.54 Å². The number of hydrogen-bond acceptors (Lipinski definition) is 2. The van der Waals surface area contributed by atoms with Crippen LogP contribution in [-0.2, 0) is 24.3 Å². The van der Waals surface area contributed by atoms with Gasteiger partial charge in [-0.2, -0.15) is 0 Å². The first-order valence-corrected chi connectivity index (χ1v) is 9.07. The van der Waals surface area contributed by atoms with Gasteiger partial charge in [0.1, 0.15) is 5.82 Å². The third-order valence-corrected chi connectivity index (χ3v) is 5.10. The highest BCUT2D eigenvalue weighted by atomic mass is 16.1. The highest BCUT2D eigenvalue weighted by Gasteiger charge is 2.25. The van der Waals surface area contributed by atoms with Gasteiger partial charge in [0.15, 0.2) is 0 Å². The standard InChI is InChI=1S/C21H23N3O/c25-21(17-9-6-10-17)22-15-20-23-18-11-4-5-12-19(18)24(20)14-13-16-7-2-1-3-8-16/h1-5,7-8,11-12,17H,6,9-10,13-15H2,(H,22,25). The zero-order valence-corrected chi connectivity index (χ0v) is 14.3. The Bertz CT molecular complexity index is 865. The molecule has 25 heavy (non-hydrogen) atoms. The smallest absolute Gasteiger partial charge is 0.223 e. The number of amides is 1. The van der Waals surface area contributed by atoms with Gasteiger partial charge in [-0.3, -0.25) is 4.79 Å². The molecule has 1 fully saturated rings. The summed E-state index contributed by atoms with van der Waals surface area (Å²) in [6.07, 6.45) is 4.17. The normalized spacial score (nSPS) is 14.4. The van der Waals surface area contributed by atoms with Gasteiger partial charge in [0, 0.05) is 12.5 Å². The van der Waals surface area contributed by atoms with Crippen molar-refractivity contribution in [3.63, 3.8) is 0 Å². The SMILES string of the molecule is O=C(NCc1nc2ccccc2n1CCc1ccccc1)C1CCC1. The van der Waals surface area contributed by atoms with Crippen LogP contribution in [0.25, 0.3) is 11.0 Å². The van der Waals surface area contributed by atoms with Gasteiger partial charge in [-0.1, -0.05) is 48.9 Å². The number of rotatable bonds is 6. The Kier molecular flexibility index (Phi) is 4.51. The number of carbonyl (C=O) groups excluding carboxylic acids is 1. The molecule has 1 aromatic heterocycles. The summed E-state index contributed by atoms with van der Waals surface area (Å²) in [5.74, 6) is 1.32. The lowest BCUT2D eigenvalue weighted by atomic mass is 9.85. The molecule has 1 heterocycles. The van der Waals surface area contributed by atoms with Gasteiger partial charge < -0.3 is 9.88 Å². The van der Waals surface area contributed by atoms with E-state index in [-0.39, 0.29) is 11.8 Å². The van der Waals surface area contributed by atoms with E-state index in [1.807, 2.05) is 24.3 Å². The number of nitrogens with zero attached hydrogens (tertiary/aromatic N) is 2. The number of imidazole rings is 1. The van der Waals surface area contributed by atoms with Gasteiger partial charge in [0.2, 0.25) is 5.91 Å². The molecule has 1 N–H and O–H groups in total. The molecule has 4 heteroatoms. The molecule has 0 spiro atoms. The Morgan fingerprint density at radius 3 is 2.60 bits per heavy atom. The first-order chi connectivity index (χ1) is 12.3. The molecule has 0 saturated heterocycles. The van der Waals surface area contributed by atoms with E-state index in [1.165, 1.54) is 12.0 Å². The lowest BCUT2D eigenvalue weighted by Crippen LogP contribution is -2.34. The second-order valence-electron chi connectivity index (χ2n) is 6.75. The van der Waals surface area contributed by atoms with Gasteiger partial charge in [0.05, 0.1) is 17.6 Å². The fraction of sp³-hybridized carbons (Fsp3) is 0.333. The zero-order chi connectivity index (χ0) is 17.1. The van der Waals surface area contributed by atoms with Crippen LogP contribution in [-0.4, -0.2) is 15.5 Å². The van der Waals surface area contributed by atoms with Gasteiger partial charge in [0.25, 0.3) is 0 Å². The summed E-state index contributed by atoms with van der Waals surface area (Å²) in [6.45, 7) is 1.36. The topological polar surface area (TPSA) is 46.9 Å². The average Bonchev–Trinajstić information content (AvgIpc) is 2.95. The predicted molar refractivity (Wildman–Crippen MR) is 99.1 cm³/mol. The van der Waals surface area contributed by atoms with Crippen LogP contribution in [0.1, 0.15) is 30.7 Å². The maximum absolute atomic E-state index is 12.2. The number of fused-ring (bicyclic) bond motifs is 1. The van der Waals surface area contributed by atoms with Crippen LogP contribution in [0.15, 0.2) is 54.6 Å². The minimum atomic E-state index is 0.174. The van der Waals surface area contributed by atoms with Crippen molar-refractivity contribution in [1.29, 1.82) is 0 Å². The summed E-state index contributed by atoms with van der Waals surface area (Å²) in [5.41, 5.74) is 3.43. The first kappa shape index (κ1) is 15.9. The largest absolute Gasteiger partial charge is 0.349 e. The molecular formula is C21H23N3O. The van der Waals surface area contributed by atoms with Gasteiger partial charge >= 0.3 is 0 Å². The van der Waals surface area contributed by atoms with Crippen molar-refractivity contribution in [3.05, 3.63) is 66.0 Å². The summed E-state index contributed by atoms with van der Waals surface area (Å²) in [5, 5.41) is 3.08. The molecule has 1 aliphatic rings. The number of nitrogens with one attached hydrogen (secondary N) is 1. The summed E-state index contributed by atoms with van der Waals surface area (Å²) in [4.78, 5) is 16.9. The molecule has 1 amide bonds. The van der Waals surface area contributed by atoms with Gasteiger partial charge in [-0.05, 0) is 37.0 Å². The highest BCUT2D eigenvalue weighted by Crippen LogP contribution is 2.26. The van der Waals surface area contributed by atoms with Crippen LogP contribution in [0, 0.1) is 5.92 Å². The lowest BCUT2D eigenvalue weighted by Gasteiger charge is -2.24. The van der Waals surface area contributed by atoms with Crippen LogP contribution < -0.4 is 5.32 Å².